The Labute approximate surface area is 182 Å². The summed E-state index contributed by atoms with van der Waals surface area (Å²) in [5, 5.41) is 19.5. The second-order valence-electron chi connectivity index (χ2n) is 9.05. The molecule has 0 radical (unpaired) electrons. The van der Waals surface area contributed by atoms with Gasteiger partial charge < -0.3 is 15.0 Å². The zero-order valence-electron chi connectivity index (χ0n) is 19.6. The third-order valence-corrected chi connectivity index (χ3v) is 6.10. The van der Waals surface area contributed by atoms with Crippen LogP contribution in [0.2, 0.25) is 0 Å². The Balaban J connectivity index is 3.04. The summed E-state index contributed by atoms with van der Waals surface area (Å²) in [5.74, 6) is -1.34. The average Bonchev–Trinajstić information content (AvgIpc) is 2.71. The van der Waals surface area contributed by atoms with E-state index in [0.29, 0.717) is 6.42 Å². The average molecular weight is 412 g/mol. The number of hydrogen-bond donors (Lipinski definition) is 1. The van der Waals surface area contributed by atoms with Gasteiger partial charge in [-0.3, -0.25) is 0 Å². The normalized spacial score (nSPS) is 12.3. The van der Waals surface area contributed by atoms with Gasteiger partial charge >= 0.3 is 0 Å². The predicted molar refractivity (Wildman–Crippen MR) is 123 cm³/mol. The van der Waals surface area contributed by atoms with Crippen LogP contribution in [0, 0.1) is 0 Å². The standard InChI is InChI=1S/C26H52O3/c1-2-3-4-5-6-7-8-9-10-11-12-13-14-15-16-17-18-19-20-21-22-23-24-25(27)26(28)29/h25,27H,2-24H2,1H3,(H,28,29)/p-1/t25-/m1/s1. The molecule has 0 aliphatic rings. The van der Waals surface area contributed by atoms with Crippen molar-refractivity contribution in [2.24, 2.45) is 0 Å². The molecule has 3 heteroatoms. The van der Waals surface area contributed by atoms with Crippen LogP contribution in [-0.4, -0.2) is 17.2 Å². The van der Waals surface area contributed by atoms with Gasteiger partial charge in [-0.05, 0) is 6.42 Å². The molecule has 0 unspecified atom stereocenters. The third-order valence-electron chi connectivity index (χ3n) is 6.10. The fourth-order valence-electron chi connectivity index (χ4n) is 4.06. The molecule has 0 saturated heterocycles. The number of aliphatic hydroxyl groups excluding tert-OH is 1. The number of carbonyl (C=O) groups excluding carboxylic acids is 1. The second kappa shape index (κ2) is 23.7. The van der Waals surface area contributed by atoms with Crippen molar-refractivity contribution >= 4 is 5.97 Å². The zero-order chi connectivity index (χ0) is 21.4. The van der Waals surface area contributed by atoms with Crippen LogP contribution in [0.1, 0.15) is 155 Å². The first kappa shape index (κ1) is 28.4. The number of carbonyl (C=O) groups is 1. The van der Waals surface area contributed by atoms with E-state index in [0.717, 1.165) is 19.3 Å². The topological polar surface area (TPSA) is 60.4 Å². The minimum absolute atomic E-state index is 0.335. The van der Waals surface area contributed by atoms with Gasteiger partial charge in [0.15, 0.2) is 0 Å². The van der Waals surface area contributed by atoms with Crippen molar-refractivity contribution in [3.8, 4) is 0 Å². The molecule has 1 atom stereocenters. The summed E-state index contributed by atoms with van der Waals surface area (Å²) < 4.78 is 0. The summed E-state index contributed by atoms with van der Waals surface area (Å²) in [4.78, 5) is 10.4. The van der Waals surface area contributed by atoms with Crippen LogP contribution in [0.3, 0.4) is 0 Å². The number of carboxylic acids is 1. The molecular weight excluding hydrogens is 360 g/mol. The summed E-state index contributed by atoms with van der Waals surface area (Å²) in [7, 11) is 0. The fraction of sp³-hybridized carbons (Fsp3) is 0.962. The Hall–Kier alpha value is -0.570. The number of hydrogen-bond acceptors (Lipinski definition) is 3. The summed E-state index contributed by atoms with van der Waals surface area (Å²) in [6.07, 6.45) is 28.7. The molecule has 1 N–H and O–H groups in total. The molecule has 0 heterocycles. The van der Waals surface area contributed by atoms with Crippen LogP contribution in [0.4, 0.5) is 0 Å². The zero-order valence-corrected chi connectivity index (χ0v) is 19.6. The van der Waals surface area contributed by atoms with E-state index in [1.807, 2.05) is 0 Å². The van der Waals surface area contributed by atoms with E-state index >= 15 is 0 Å². The SMILES string of the molecule is CCCCCCCCCCCCCCCCCCCCCCCC[C@@H](O)C(=O)[O-]. The Morgan fingerprint density at radius 2 is 0.793 bits per heavy atom. The molecule has 0 aromatic heterocycles. The summed E-state index contributed by atoms with van der Waals surface area (Å²) in [5.41, 5.74) is 0. The van der Waals surface area contributed by atoms with Crippen molar-refractivity contribution in [1.82, 2.24) is 0 Å². The number of aliphatic carboxylic acids is 1. The summed E-state index contributed by atoms with van der Waals surface area (Å²) in [6.45, 7) is 2.28. The van der Waals surface area contributed by atoms with Crippen molar-refractivity contribution in [2.45, 2.75) is 161 Å². The highest BCUT2D eigenvalue weighted by molar-refractivity contribution is 5.69. The third kappa shape index (κ3) is 23.6. The minimum atomic E-state index is -1.34. The van der Waals surface area contributed by atoms with Crippen molar-refractivity contribution in [3.05, 3.63) is 0 Å². The highest BCUT2D eigenvalue weighted by atomic mass is 16.4. The Kier molecular flexibility index (Phi) is 23.2. The van der Waals surface area contributed by atoms with Gasteiger partial charge in [-0.25, -0.2) is 0 Å². The number of carboxylic acid groups (broad SMARTS) is 1. The van der Waals surface area contributed by atoms with Crippen LogP contribution in [-0.2, 0) is 4.79 Å². The van der Waals surface area contributed by atoms with Crippen molar-refractivity contribution in [3.63, 3.8) is 0 Å². The minimum Gasteiger partial charge on any atom is -0.547 e. The van der Waals surface area contributed by atoms with Gasteiger partial charge in [0.25, 0.3) is 0 Å². The van der Waals surface area contributed by atoms with Crippen LogP contribution >= 0.6 is 0 Å². The van der Waals surface area contributed by atoms with Gasteiger partial charge in [0.1, 0.15) is 0 Å². The molecule has 0 aromatic carbocycles. The predicted octanol–water partition coefficient (Wildman–Crippen LogP) is 7.09. The van der Waals surface area contributed by atoms with Gasteiger partial charge in [-0.1, -0.05) is 148 Å². The maximum atomic E-state index is 10.4. The Morgan fingerprint density at radius 3 is 1.03 bits per heavy atom. The van der Waals surface area contributed by atoms with E-state index in [4.69, 9.17) is 5.11 Å². The molecule has 0 aliphatic heterocycles. The molecule has 29 heavy (non-hydrogen) atoms. The van der Waals surface area contributed by atoms with E-state index in [9.17, 15) is 9.90 Å². The van der Waals surface area contributed by atoms with Crippen molar-refractivity contribution in [1.29, 1.82) is 0 Å². The Bertz CT molecular complexity index is 330. The van der Waals surface area contributed by atoms with Gasteiger partial charge in [-0.15, -0.1) is 0 Å². The Morgan fingerprint density at radius 1 is 0.552 bits per heavy atom. The van der Waals surface area contributed by atoms with E-state index < -0.39 is 12.1 Å². The number of unbranched alkanes of at least 4 members (excludes halogenated alkanes) is 21. The van der Waals surface area contributed by atoms with Gasteiger partial charge in [-0.2, -0.15) is 0 Å². The molecule has 0 spiro atoms. The molecule has 0 rings (SSSR count). The van der Waals surface area contributed by atoms with Crippen LogP contribution in [0.25, 0.3) is 0 Å². The molecule has 3 nitrogen and oxygen atoms in total. The van der Waals surface area contributed by atoms with Gasteiger partial charge in [0.2, 0.25) is 0 Å². The lowest BCUT2D eigenvalue weighted by Gasteiger charge is -2.10. The summed E-state index contributed by atoms with van der Waals surface area (Å²) >= 11 is 0. The molecular formula is C26H51O3-. The molecule has 0 bridgehead atoms. The lowest BCUT2D eigenvalue weighted by molar-refractivity contribution is -0.315. The molecule has 0 fully saturated rings. The van der Waals surface area contributed by atoms with Crippen LogP contribution in [0.5, 0.6) is 0 Å². The number of aliphatic hydroxyl groups is 1. The maximum absolute atomic E-state index is 10.4. The summed E-state index contributed by atoms with van der Waals surface area (Å²) in [6, 6.07) is 0. The molecule has 174 valence electrons. The highest BCUT2D eigenvalue weighted by Gasteiger charge is 2.03. The van der Waals surface area contributed by atoms with Crippen molar-refractivity contribution < 1.29 is 15.0 Å². The molecule has 0 amide bonds. The second-order valence-corrected chi connectivity index (χ2v) is 9.05. The van der Waals surface area contributed by atoms with Crippen molar-refractivity contribution in [2.75, 3.05) is 0 Å². The number of rotatable bonds is 24. The molecule has 0 saturated carbocycles. The van der Waals surface area contributed by atoms with E-state index in [1.165, 1.54) is 122 Å². The monoisotopic (exact) mass is 411 g/mol. The largest absolute Gasteiger partial charge is 0.547 e. The van der Waals surface area contributed by atoms with E-state index in [-0.39, 0.29) is 0 Å². The first-order chi connectivity index (χ1) is 14.2. The van der Waals surface area contributed by atoms with Gasteiger partial charge in [0, 0.05) is 0 Å². The maximum Gasteiger partial charge on any atom is 0.0933 e. The lowest BCUT2D eigenvalue weighted by Crippen LogP contribution is -2.35. The van der Waals surface area contributed by atoms with E-state index in [1.54, 1.807) is 0 Å². The van der Waals surface area contributed by atoms with Crippen LogP contribution in [0.15, 0.2) is 0 Å². The molecule has 0 aromatic rings. The highest BCUT2D eigenvalue weighted by Crippen LogP contribution is 2.15. The first-order valence-electron chi connectivity index (χ1n) is 13.1. The van der Waals surface area contributed by atoms with Crippen LogP contribution < -0.4 is 5.11 Å². The van der Waals surface area contributed by atoms with E-state index in [2.05, 4.69) is 6.92 Å². The molecule has 0 aliphatic carbocycles. The smallest absolute Gasteiger partial charge is 0.0933 e. The lowest BCUT2D eigenvalue weighted by atomic mass is 10.0. The quantitative estimate of drug-likeness (QED) is 0.172. The van der Waals surface area contributed by atoms with Gasteiger partial charge in [0.05, 0.1) is 12.1 Å². The fourth-order valence-corrected chi connectivity index (χ4v) is 4.06. The first-order valence-corrected chi connectivity index (χ1v) is 13.1.